The molecule has 0 bridgehead atoms. The minimum Gasteiger partial charge on any atom is -0.380 e. The molecule has 0 amide bonds. The Morgan fingerprint density at radius 3 is 2.62 bits per heavy atom. The third kappa shape index (κ3) is 4.44. The Bertz CT molecular complexity index is 306. The molecule has 1 aromatic rings. The van der Waals surface area contributed by atoms with Crippen LogP contribution in [0.2, 0.25) is 0 Å². The van der Waals surface area contributed by atoms with Crippen molar-refractivity contribution in [3.05, 3.63) is 12.4 Å². The molecule has 1 atom stereocenters. The molecular weight excluding hydrogens is 204 g/mol. The van der Waals surface area contributed by atoms with Gasteiger partial charge in [0.25, 0.3) is 0 Å². The molecule has 0 aromatic carbocycles. The molecule has 1 heterocycles. The Labute approximate surface area is 96.6 Å². The summed E-state index contributed by atoms with van der Waals surface area (Å²) in [7, 11) is 1.69. The highest BCUT2D eigenvalue weighted by atomic mass is 16.5. The van der Waals surface area contributed by atoms with Gasteiger partial charge in [-0.2, -0.15) is 0 Å². The maximum Gasteiger partial charge on any atom is 0.131 e. The maximum atomic E-state index is 5.15. The summed E-state index contributed by atoms with van der Waals surface area (Å²) in [5.41, 5.74) is 0. The Kier molecular flexibility index (Phi) is 5.56. The van der Waals surface area contributed by atoms with Crippen LogP contribution in [0, 0.1) is 0 Å². The first-order valence-electron chi connectivity index (χ1n) is 5.58. The maximum absolute atomic E-state index is 5.15. The second kappa shape index (κ2) is 7.00. The van der Waals surface area contributed by atoms with Crippen LogP contribution in [0.4, 0.5) is 11.6 Å². The molecule has 90 valence electrons. The van der Waals surface area contributed by atoms with Crippen molar-refractivity contribution >= 4 is 11.6 Å². The molecule has 16 heavy (non-hydrogen) atoms. The summed E-state index contributed by atoms with van der Waals surface area (Å²) in [4.78, 5) is 8.27. The van der Waals surface area contributed by atoms with E-state index in [1.54, 1.807) is 13.4 Å². The van der Waals surface area contributed by atoms with Crippen LogP contribution < -0.4 is 10.6 Å². The van der Waals surface area contributed by atoms with Crippen LogP contribution in [0.15, 0.2) is 12.4 Å². The Morgan fingerprint density at radius 2 is 2.00 bits per heavy atom. The summed E-state index contributed by atoms with van der Waals surface area (Å²) in [6.07, 6.45) is 2.80. The SMILES string of the molecule is CCCNc1cc(NCC(C)OC)ncn1. The lowest BCUT2D eigenvalue weighted by molar-refractivity contribution is 0.128. The van der Waals surface area contributed by atoms with E-state index in [1.165, 1.54) is 0 Å². The van der Waals surface area contributed by atoms with Gasteiger partial charge < -0.3 is 15.4 Å². The van der Waals surface area contributed by atoms with Gasteiger partial charge in [-0.05, 0) is 13.3 Å². The molecule has 5 heteroatoms. The first kappa shape index (κ1) is 12.7. The number of nitrogens with one attached hydrogen (secondary N) is 2. The molecule has 1 unspecified atom stereocenters. The van der Waals surface area contributed by atoms with Gasteiger partial charge in [-0.3, -0.25) is 0 Å². The predicted molar refractivity (Wildman–Crippen MR) is 65.8 cm³/mol. The lowest BCUT2D eigenvalue weighted by Gasteiger charge is -2.11. The second-order valence-corrected chi connectivity index (χ2v) is 3.64. The summed E-state index contributed by atoms with van der Waals surface area (Å²) in [5, 5.41) is 6.41. The standard InChI is InChI=1S/C11H20N4O/c1-4-5-12-10-6-11(15-8-14-10)13-7-9(2)16-3/h6,8-9H,4-5,7H2,1-3H3,(H2,12,13,14,15). The zero-order valence-corrected chi connectivity index (χ0v) is 10.2. The van der Waals surface area contributed by atoms with Gasteiger partial charge in [0.05, 0.1) is 6.10 Å². The van der Waals surface area contributed by atoms with Crippen molar-refractivity contribution in [2.24, 2.45) is 0 Å². The van der Waals surface area contributed by atoms with Crippen LogP contribution in [0.3, 0.4) is 0 Å². The average Bonchev–Trinajstić information content (AvgIpc) is 2.34. The lowest BCUT2D eigenvalue weighted by Crippen LogP contribution is -2.18. The topological polar surface area (TPSA) is 59.1 Å². The van der Waals surface area contributed by atoms with Gasteiger partial charge in [0.2, 0.25) is 0 Å². The highest BCUT2D eigenvalue weighted by molar-refractivity contribution is 5.46. The number of nitrogens with zero attached hydrogens (tertiary/aromatic N) is 2. The van der Waals surface area contributed by atoms with Crippen LogP contribution in [0.1, 0.15) is 20.3 Å². The molecule has 1 rings (SSSR count). The van der Waals surface area contributed by atoms with E-state index >= 15 is 0 Å². The normalized spacial score (nSPS) is 12.2. The monoisotopic (exact) mass is 224 g/mol. The van der Waals surface area contributed by atoms with Gasteiger partial charge in [0, 0.05) is 26.3 Å². The molecule has 0 saturated heterocycles. The largest absolute Gasteiger partial charge is 0.380 e. The van der Waals surface area contributed by atoms with Gasteiger partial charge in [0.15, 0.2) is 0 Å². The van der Waals surface area contributed by atoms with Crippen LogP contribution in [0.5, 0.6) is 0 Å². The fraction of sp³-hybridized carbons (Fsp3) is 0.636. The number of methoxy groups -OCH3 is 1. The van der Waals surface area contributed by atoms with Gasteiger partial charge in [-0.1, -0.05) is 6.92 Å². The number of hydrogen-bond acceptors (Lipinski definition) is 5. The first-order chi connectivity index (χ1) is 7.76. The van der Waals surface area contributed by atoms with E-state index in [1.807, 2.05) is 13.0 Å². The average molecular weight is 224 g/mol. The number of anilines is 2. The van der Waals surface area contributed by atoms with E-state index < -0.39 is 0 Å². The summed E-state index contributed by atoms with van der Waals surface area (Å²) >= 11 is 0. The first-order valence-corrected chi connectivity index (χ1v) is 5.58. The van der Waals surface area contributed by atoms with Crippen molar-refractivity contribution in [3.63, 3.8) is 0 Å². The van der Waals surface area contributed by atoms with Crippen molar-refractivity contribution < 1.29 is 4.74 Å². The molecule has 0 fully saturated rings. The molecule has 0 aliphatic carbocycles. The van der Waals surface area contributed by atoms with Gasteiger partial charge >= 0.3 is 0 Å². The highest BCUT2D eigenvalue weighted by Crippen LogP contribution is 2.08. The van der Waals surface area contributed by atoms with E-state index in [9.17, 15) is 0 Å². The fourth-order valence-electron chi connectivity index (χ4n) is 1.14. The summed E-state index contributed by atoms with van der Waals surface area (Å²) in [6.45, 7) is 5.78. The number of hydrogen-bond donors (Lipinski definition) is 2. The molecule has 2 N–H and O–H groups in total. The molecule has 5 nitrogen and oxygen atoms in total. The van der Waals surface area contributed by atoms with Crippen molar-refractivity contribution in [1.82, 2.24) is 9.97 Å². The molecule has 1 aromatic heterocycles. The Balaban J connectivity index is 2.46. The fourth-order valence-corrected chi connectivity index (χ4v) is 1.14. The molecule has 0 saturated carbocycles. The van der Waals surface area contributed by atoms with E-state index in [-0.39, 0.29) is 6.10 Å². The van der Waals surface area contributed by atoms with Crippen LogP contribution in [0.25, 0.3) is 0 Å². The van der Waals surface area contributed by atoms with Crippen molar-refractivity contribution in [1.29, 1.82) is 0 Å². The van der Waals surface area contributed by atoms with Crippen molar-refractivity contribution in [2.45, 2.75) is 26.4 Å². The smallest absolute Gasteiger partial charge is 0.131 e. The molecule has 0 aliphatic rings. The van der Waals surface area contributed by atoms with E-state index in [0.29, 0.717) is 0 Å². The van der Waals surface area contributed by atoms with Crippen molar-refractivity contribution in [2.75, 3.05) is 30.8 Å². The predicted octanol–water partition coefficient (Wildman–Crippen LogP) is 1.75. The Morgan fingerprint density at radius 1 is 1.31 bits per heavy atom. The molecular formula is C11H20N4O. The summed E-state index contributed by atoms with van der Waals surface area (Å²) in [5.74, 6) is 1.67. The highest BCUT2D eigenvalue weighted by Gasteiger charge is 2.01. The van der Waals surface area contributed by atoms with Gasteiger partial charge in [0.1, 0.15) is 18.0 Å². The zero-order chi connectivity index (χ0) is 11.8. The van der Waals surface area contributed by atoms with Crippen molar-refractivity contribution in [3.8, 4) is 0 Å². The van der Waals surface area contributed by atoms with E-state index in [4.69, 9.17) is 4.74 Å². The molecule has 0 aliphatic heterocycles. The third-order valence-electron chi connectivity index (χ3n) is 2.20. The lowest BCUT2D eigenvalue weighted by atomic mass is 10.4. The summed E-state index contributed by atoms with van der Waals surface area (Å²) < 4.78 is 5.15. The zero-order valence-electron chi connectivity index (χ0n) is 10.2. The quantitative estimate of drug-likeness (QED) is 0.739. The minimum absolute atomic E-state index is 0.169. The number of aromatic nitrogens is 2. The molecule has 0 radical (unpaired) electrons. The van der Waals surface area contributed by atoms with E-state index in [2.05, 4.69) is 27.5 Å². The van der Waals surface area contributed by atoms with Crippen LogP contribution in [-0.4, -0.2) is 36.3 Å². The second-order valence-electron chi connectivity index (χ2n) is 3.64. The number of ether oxygens (including phenoxy) is 1. The van der Waals surface area contributed by atoms with E-state index in [0.717, 1.165) is 31.1 Å². The Hall–Kier alpha value is -1.36. The minimum atomic E-state index is 0.169. The molecule has 0 spiro atoms. The van der Waals surface area contributed by atoms with Crippen LogP contribution >= 0.6 is 0 Å². The number of rotatable bonds is 7. The third-order valence-corrected chi connectivity index (χ3v) is 2.20. The van der Waals surface area contributed by atoms with Crippen LogP contribution in [-0.2, 0) is 4.74 Å². The summed E-state index contributed by atoms with van der Waals surface area (Å²) in [6, 6.07) is 1.90. The van der Waals surface area contributed by atoms with Gasteiger partial charge in [-0.15, -0.1) is 0 Å². The van der Waals surface area contributed by atoms with Gasteiger partial charge in [-0.25, -0.2) is 9.97 Å².